The molecule has 1 aliphatic carbocycles. The Hall–Kier alpha value is -1.58. The Labute approximate surface area is 102 Å². The summed E-state index contributed by atoms with van der Waals surface area (Å²) in [5, 5.41) is 7.35. The zero-order valence-corrected chi connectivity index (χ0v) is 10.1. The second kappa shape index (κ2) is 5.17. The lowest BCUT2D eigenvalue weighted by atomic mass is 9.88. The summed E-state index contributed by atoms with van der Waals surface area (Å²) in [7, 11) is 0. The summed E-state index contributed by atoms with van der Waals surface area (Å²) in [5.74, 6) is 1.34. The van der Waals surface area contributed by atoms with Crippen LogP contribution in [-0.4, -0.2) is 16.9 Å². The summed E-state index contributed by atoms with van der Waals surface area (Å²) < 4.78 is 5.97. The van der Waals surface area contributed by atoms with Crippen molar-refractivity contribution >= 4 is 5.84 Å². The predicted octanol–water partition coefficient (Wildman–Crippen LogP) is 2.32. The molecule has 0 aromatic carbocycles. The Bertz CT molecular complexity index is 405. The number of ether oxygens (including phenoxy) is 1. The smallest absolute Gasteiger partial charge is 0.141 e. The molecule has 4 heteroatoms. The molecular formula is C13H19N3O. The average Bonchev–Trinajstić information content (AvgIpc) is 2.32. The number of nitrogens with one attached hydrogen (secondary N) is 1. The van der Waals surface area contributed by atoms with Gasteiger partial charge in [-0.1, -0.05) is 13.3 Å². The van der Waals surface area contributed by atoms with Crippen LogP contribution in [0.3, 0.4) is 0 Å². The van der Waals surface area contributed by atoms with Crippen molar-refractivity contribution < 1.29 is 4.74 Å². The minimum atomic E-state index is -0.0212. The summed E-state index contributed by atoms with van der Waals surface area (Å²) in [5.41, 5.74) is 5.89. The molecule has 1 heterocycles. The van der Waals surface area contributed by atoms with Crippen molar-refractivity contribution in [1.82, 2.24) is 4.98 Å². The Morgan fingerprint density at radius 3 is 2.94 bits per heavy atom. The molecule has 2 rings (SSSR count). The highest BCUT2D eigenvalue weighted by Crippen LogP contribution is 2.27. The largest absolute Gasteiger partial charge is 0.490 e. The molecule has 0 radical (unpaired) electrons. The highest BCUT2D eigenvalue weighted by atomic mass is 16.5. The molecule has 3 N–H and O–H groups in total. The number of amidine groups is 1. The quantitative estimate of drug-likeness (QED) is 0.621. The van der Waals surface area contributed by atoms with Crippen molar-refractivity contribution in [1.29, 1.82) is 5.41 Å². The fraction of sp³-hybridized carbons (Fsp3) is 0.538. The normalized spacial score (nSPS) is 24.3. The van der Waals surface area contributed by atoms with Crippen LogP contribution in [0.25, 0.3) is 0 Å². The van der Waals surface area contributed by atoms with E-state index in [1.807, 2.05) is 6.07 Å². The summed E-state index contributed by atoms with van der Waals surface area (Å²) in [6.07, 6.45) is 6.80. The molecule has 0 bridgehead atoms. The predicted molar refractivity (Wildman–Crippen MR) is 67.3 cm³/mol. The summed E-state index contributed by atoms with van der Waals surface area (Å²) in [6, 6.07) is 3.57. The fourth-order valence-corrected chi connectivity index (χ4v) is 2.26. The topological polar surface area (TPSA) is 72.0 Å². The number of nitrogen functional groups attached to an aromatic ring is 1. The number of nitrogens with zero attached hydrogens (tertiary/aromatic N) is 1. The number of nitrogens with two attached hydrogens (primary N) is 1. The van der Waals surface area contributed by atoms with Crippen LogP contribution in [0.5, 0.6) is 5.75 Å². The molecule has 2 unspecified atom stereocenters. The van der Waals surface area contributed by atoms with Gasteiger partial charge < -0.3 is 10.5 Å². The van der Waals surface area contributed by atoms with Gasteiger partial charge in [-0.25, -0.2) is 0 Å². The average molecular weight is 233 g/mol. The van der Waals surface area contributed by atoms with Gasteiger partial charge in [0.15, 0.2) is 0 Å². The zero-order valence-electron chi connectivity index (χ0n) is 10.1. The highest BCUT2D eigenvalue weighted by Gasteiger charge is 2.22. The van der Waals surface area contributed by atoms with Crippen LogP contribution >= 0.6 is 0 Å². The Morgan fingerprint density at radius 1 is 1.47 bits per heavy atom. The molecule has 1 aromatic rings. The summed E-state index contributed by atoms with van der Waals surface area (Å²) >= 11 is 0. The SMILES string of the molecule is CC1CCCCC1Oc1ccnc(C(=N)N)c1. The van der Waals surface area contributed by atoms with Gasteiger partial charge in [0, 0.05) is 12.3 Å². The van der Waals surface area contributed by atoms with Gasteiger partial charge in [0.2, 0.25) is 0 Å². The monoisotopic (exact) mass is 233 g/mol. The van der Waals surface area contributed by atoms with E-state index in [1.165, 1.54) is 19.3 Å². The number of hydrogen-bond acceptors (Lipinski definition) is 3. The molecule has 2 atom stereocenters. The van der Waals surface area contributed by atoms with Crippen LogP contribution < -0.4 is 10.5 Å². The maximum Gasteiger partial charge on any atom is 0.141 e. The molecular weight excluding hydrogens is 214 g/mol. The van der Waals surface area contributed by atoms with Crippen LogP contribution in [0.15, 0.2) is 18.3 Å². The number of aromatic nitrogens is 1. The molecule has 1 fully saturated rings. The van der Waals surface area contributed by atoms with Gasteiger partial charge in [-0.3, -0.25) is 10.4 Å². The lowest BCUT2D eigenvalue weighted by Gasteiger charge is -2.29. The van der Waals surface area contributed by atoms with Crippen molar-refractivity contribution in [2.75, 3.05) is 0 Å². The highest BCUT2D eigenvalue weighted by molar-refractivity contribution is 5.93. The third kappa shape index (κ3) is 2.96. The first-order valence-electron chi connectivity index (χ1n) is 6.14. The third-order valence-corrected chi connectivity index (χ3v) is 3.33. The molecule has 17 heavy (non-hydrogen) atoms. The van der Waals surface area contributed by atoms with Gasteiger partial charge in [0.05, 0.1) is 0 Å². The lowest BCUT2D eigenvalue weighted by Crippen LogP contribution is -2.28. The maximum absolute atomic E-state index is 7.35. The van der Waals surface area contributed by atoms with E-state index < -0.39 is 0 Å². The van der Waals surface area contributed by atoms with Crippen molar-refractivity contribution in [3.63, 3.8) is 0 Å². The third-order valence-electron chi connectivity index (χ3n) is 3.33. The van der Waals surface area contributed by atoms with E-state index in [0.717, 1.165) is 12.2 Å². The minimum Gasteiger partial charge on any atom is -0.490 e. The van der Waals surface area contributed by atoms with Gasteiger partial charge in [-0.05, 0) is 31.2 Å². The second-order valence-electron chi connectivity index (χ2n) is 4.71. The first kappa shape index (κ1) is 11.9. The van der Waals surface area contributed by atoms with Gasteiger partial charge in [0.1, 0.15) is 23.4 Å². The second-order valence-corrected chi connectivity index (χ2v) is 4.71. The first-order valence-corrected chi connectivity index (χ1v) is 6.14. The zero-order chi connectivity index (χ0) is 12.3. The summed E-state index contributed by atoms with van der Waals surface area (Å²) in [6.45, 7) is 2.23. The first-order chi connectivity index (χ1) is 8.16. The lowest BCUT2D eigenvalue weighted by molar-refractivity contribution is 0.102. The number of pyridine rings is 1. The molecule has 0 aliphatic heterocycles. The van der Waals surface area contributed by atoms with E-state index in [1.54, 1.807) is 12.3 Å². The van der Waals surface area contributed by atoms with Crippen LogP contribution in [0.1, 0.15) is 38.3 Å². The molecule has 4 nitrogen and oxygen atoms in total. The Morgan fingerprint density at radius 2 is 2.24 bits per heavy atom. The molecule has 1 saturated carbocycles. The Balaban J connectivity index is 2.07. The van der Waals surface area contributed by atoms with Crippen LogP contribution in [0, 0.1) is 11.3 Å². The fourth-order valence-electron chi connectivity index (χ4n) is 2.26. The minimum absolute atomic E-state index is 0.0212. The van der Waals surface area contributed by atoms with Gasteiger partial charge >= 0.3 is 0 Å². The van der Waals surface area contributed by atoms with Gasteiger partial charge in [0.25, 0.3) is 0 Å². The van der Waals surface area contributed by atoms with Crippen molar-refractivity contribution in [2.45, 2.75) is 38.7 Å². The van der Waals surface area contributed by atoms with Crippen molar-refractivity contribution in [3.8, 4) is 5.75 Å². The van der Waals surface area contributed by atoms with Gasteiger partial charge in [-0.15, -0.1) is 0 Å². The molecule has 92 valence electrons. The van der Waals surface area contributed by atoms with E-state index in [4.69, 9.17) is 15.9 Å². The molecule has 1 aromatic heterocycles. The molecule has 0 saturated heterocycles. The van der Waals surface area contributed by atoms with Crippen LogP contribution in [-0.2, 0) is 0 Å². The maximum atomic E-state index is 7.35. The van der Waals surface area contributed by atoms with Crippen LogP contribution in [0.2, 0.25) is 0 Å². The van der Waals surface area contributed by atoms with Crippen molar-refractivity contribution in [3.05, 3.63) is 24.0 Å². The van der Waals surface area contributed by atoms with Crippen LogP contribution in [0.4, 0.5) is 0 Å². The van der Waals surface area contributed by atoms with E-state index in [0.29, 0.717) is 11.6 Å². The molecule has 0 spiro atoms. The van der Waals surface area contributed by atoms with E-state index in [2.05, 4.69) is 11.9 Å². The van der Waals surface area contributed by atoms with E-state index in [-0.39, 0.29) is 11.9 Å². The summed E-state index contributed by atoms with van der Waals surface area (Å²) in [4.78, 5) is 4.02. The number of hydrogen-bond donors (Lipinski definition) is 2. The van der Waals surface area contributed by atoms with Crippen molar-refractivity contribution in [2.24, 2.45) is 11.7 Å². The standard InChI is InChI=1S/C13H19N3O/c1-9-4-2-3-5-12(9)17-10-6-7-16-11(8-10)13(14)15/h6-9,12H,2-5H2,1H3,(H3,14,15). The Kier molecular flexibility index (Phi) is 3.61. The molecule has 1 aliphatic rings. The number of rotatable bonds is 3. The molecule has 0 amide bonds. The van der Waals surface area contributed by atoms with Gasteiger partial charge in [-0.2, -0.15) is 0 Å². The van der Waals surface area contributed by atoms with E-state index in [9.17, 15) is 0 Å². The van der Waals surface area contributed by atoms with E-state index >= 15 is 0 Å².